The van der Waals surface area contributed by atoms with Gasteiger partial charge in [0.2, 0.25) is 11.9 Å². The average molecular weight is 278 g/mol. The van der Waals surface area contributed by atoms with E-state index < -0.39 is 5.54 Å². The molecule has 0 bridgehead atoms. The van der Waals surface area contributed by atoms with Crippen LogP contribution in [0.5, 0.6) is 0 Å². The highest BCUT2D eigenvalue weighted by molar-refractivity contribution is 5.37. The highest BCUT2D eigenvalue weighted by atomic mass is 16.3. The number of nitrogens with two attached hydrogens (primary N) is 1. The Morgan fingerprint density at radius 2 is 2.05 bits per heavy atom. The van der Waals surface area contributed by atoms with Crippen molar-refractivity contribution in [2.45, 2.75) is 32.2 Å². The maximum Gasteiger partial charge on any atom is 0.258 e. The van der Waals surface area contributed by atoms with Gasteiger partial charge in [-0.2, -0.15) is 24.7 Å². The number of hydrogen-bond acceptors (Lipinski definition) is 8. The molecule has 2 aromatic rings. The van der Waals surface area contributed by atoms with Crippen molar-refractivity contribution in [3.63, 3.8) is 0 Å². The van der Waals surface area contributed by atoms with Crippen molar-refractivity contribution < 1.29 is 5.11 Å². The van der Waals surface area contributed by atoms with Crippen molar-refractivity contribution in [2.24, 2.45) is 0 Å². The second-order valence-electron chi connectivity index (χ2n) is 4.43. The van der Waals surface area contributed by atoms with E-state index in [9.17, 15) is 5.11 Å². The molecular formula is C11H18N8O. The zero-order valence-corrected chi connectivity index (χ0v) is 11.5. The molecule has 0 radical (unpaired) electrons. The van der Waals surface area contributed by atoms with Gasteiger partial charge in [-0.3, -0.25) is 0 Å². The summed E-state index contributed by atoms with van der Waals surface area (Å²) < 4.78 is 1.39. The number of nitrogens with zero attached hydrogens (tertiary/aromatic N) is 6. The normalized spacial score (nSPS) is 11.6. The highest BCUT2D eigenvalue weighted by Gasteiger charge is 2.26. The Labute approximate surface area is 116 Å². The van der Waals surface area contributed by atoms with E-state index >= 15 is 0 Å². The van der Waals surface area contributed by atoms with Crippen LogP contribution in [0.1, 0.15) is 26.7 Å². The van der Waals surface area contributed by atoms with Crippen LogP contribution in [0.4, 0.5) is 11.9 Å². The lowest BCUT2D eigenvalue weighted by molar-refractivity contribution is 0.201. The molecule has 0 saturated heterocycles. The first-order chi connectivity index (χ1) is 9.62. The lowest BCUT2D eigenvalue weighted by Crippen LogP contribution is -2.41. The van der Waals surface area contributed by atoms with Crippen LogP contribution in [0.2, 0.25) is 0 Å². The number of nitrogen functional groups attached to an aromatic ring is 1. The van der Waals surface area contributed by atoms with Gasteiger partial charge in [-0.15, -0.1) is 0 Å². The van der Waals surface area contributed by atoms with Crippen molar-refractivity contribution >= 4 is 11.9 Å². The number of anilines is 2. The first-order valence-electron chi connectivity index (χ1n) is 6.38. The van der Waals surface area contributed by atoms with Crippen LogP contribution in [-0.4, -0.2) is 47.0 Å². The first kappa shape index (κ1) is 14.1. The summed E-state index contributed by atoms with van der Waals surface area (Å²) in [5, 5.41) is 16.6. The van der Waals surface area contributed by atoms with Gasteiger partial charge in [0, 0.05) is 0 Å². The van der Waals surface area contributed by atoms with Crippen molar-refractivity contribution in [1.82, 2.24) is 29.7 Å². The topological polar surface area (TPSA) is 128 Å². The maximum absolute atomic E-state index is 9.57. The predicted molar refractivity (Wildman–Crippen MR) is 73.2 cm³/mol. The molecule has 108 valence electrons. The molecular weight excluding hydrogens is 260 g/mol. The fourth-order valence-electron chi connectivity index (χ4n) is 1.78. The van der Waals surface area contributed by atoms with E-state index in [1.807, 2.05) is 13.8 Å². The fraction of sp³-hybridized carbons (Fsp3) is 0.545. The Bertz CT molecular complexity index is 543. The molecule has 2 heterocycles. The molecule has 20 heavy (non-hydrogen) atoms. The third-order valence-corrected chi connectivity index (χ3v) is 3.30. The second-order valence-corrected chi connectivity index (χ2v) is 4.43. The lowest BCUT2D eigenvalue weighted by Gasteiger charge is -2.30. The van der Waals surface area contributed by atoms with E-state index in [-0.39, 0.29) is 18.5 Å². The number of rotatable bonds is 6. The zero-order valence-electron chi connectivity index (χ0n) is 11.5. The number of aliphatic hydroxyl groups excluding tert-OH is 1. The van der Waals surface area contributed by atoms with Gasteiger partial charge in [0.1, 0.15) is 12.7 Å². The van der Waals surface area contributed by atoms with Crippen LogP contribution in [0.15, 0.2) is 12.7 Å². The number of aromatic nitrogens is 6. The van der Waals surface area contributed by atoms with E-state index in [1.165, 1.54) is 17.3 Å². The molecule has 0 amide bonds. The van der Waals surface area contributed by atoms with Gasteiger partial charge in [0.15, 0.2) is 0 Å². The quantitative estimate of drug-likeness (QED) is 0.673. The highest BCUT2D eigenvalue weighted by Crippen LogP contribution is 2.20. The van der Waals surface area contributed by atoms with Gasteiger partial charge < -0.3 is 16.2 Å². The van der Waals surface area contributed by atoms with Gasteiger partial charge >= 0.3 is 0 Å². The van der Waals surface area contributed by atoms with E-state index in [0.29, 0.717) is 5.95 Å². The van der Waals surface area contributed by atoms with Gasteiger partial charge in [-0.05, 0) is 12.8 Å². The molecule has 2 aromatic heterocycles. The maximum atomic E-state index is 9.57. The van der Waals surface area contributed by atoms with Gasteiger partial charge in [0.05, 0.1) is 12.1 Å². The van der Waals surface area contributed by atoms with Crippen LogP contribution in [0, 0.1) is 0 Å². The van der Waals surface area contributed by atoms with Crippen LogP contribution < -0.4 is 11.1 Å². The van der Waals surface area contributed by atoms with Crippen LogP contribution in [-0.2, 0) is 0 Å². The van der Waals surface area contributed by atoms with Crippen LogP contribution >= 0.6 is 0 Å². The van der Waals surface area contributed by atoms with Crippen molar-refractivity contribution in [2.75, 3.05) is 17.7 Å². The summed E-state index contributed by atoms with van der Waals surface area (Å²) >= 11 is 0. The third-order valence-electron chi connectivity index (χ3n) is 3.30. The summed E-state index contributed by atoms with van der Waals surface area (Å²) in [6.45, 7) is 3.94. The third kappa shape index (κ3) is 2.82. The Hall–Kier alpha value is -2.29. The standard InChI is InChI=1S/C11H18N8O/c1-3-11(4-2,5-20)18-9-15-8(12)16-10(17-9)19-7-13-6-14-19/h6-7,20H,3-5H2,1-2H3,(H3,12,15,16,17,18). The second kappa shape index (κ2) is 5.78. The summed E-state index contributed by atoms with van der Waals surface area (Å²) in [4.78, 5) is 16.1. The van der Waals surface area contributed by atoms with Gasteiger partial charge in [-0.25, -0.2) is 4.98 Å². The molecule has 0 fully saturated rings. The monoisotopic (exact) mass is 278 g/mol. The van der Waals surface area contributed by atoms with E-state index in [4.69, 9.17) is 5.73 Å². The lowest BCUT2D eigenvalue weighted by atomic mass is 9.94. The number of hydrogen-bond donors (Lipinski definition) is 3. The average Bonchev–Trinajstić information content (AvgIpc) is 2.98. The Balaban J connectivity index is 2.33. The van der Waals surface area contributed by atoms with E-state index in [2.05, 4.69) is 30.4 Å². The van der Waals surface area contributed by atoms with Gasteiger partial charge in [-0.1, -0.05) is 13.8 Å². The molecule has 0 spiro atoms. The smallest absolute Gasteiger partial charge is 0.258 e. The SMILES string of the molecule is CCC(CC)(CO)Nc1nc(N)nc(-n2cncn2)n1. The number of nitrogens with one attached hydrogen (secondary N) is 1. The van der Waals surface area contributed by atoms with Crippen LogP contribution in [0.25, 0.3) is 5.95 Å². The minimum absolute atomic E-state index is 0.0236. The Morgan fingerprint density at radius 1 is 1.30 bits per heavy atom. The molecule has 0 saturated carbocycles. The number of aliphatic hydroxyl groups is 1. The van der Waals surface area contributed by atoms with Crippen LogP contribution in [0.3, 0.4) is 0 Å². The molecule has 2 rings (SSSR count). The molecule has 9 nitrogen and oxygen atoms in total. The predicted octanol–water partition coefficient (Wildman–Crippen LogP) is -0.00250. The van der Waals surface area contributed by atoms with Crippen molar-refractivity contribution in [3.05, 3.63) is 12.7 Å². The first-order valence-corrected chi connectivity index (χ1v) is 6.38. The van der Waals surface area contributed by atoms with Crippen molar-refractivity contribution in [3.8, 4) is 5.95 Å². The summed E-state index contributed by atoms with van der Waals surface area (Å²) in [6.07, 6.45) is 4.30. The molecule has 0 aromatic carbocycles. The Kier molecular flexibility index (Phi) is 4.08. The molecule has 9 heteroatoms. The van der Waals surface area contributed by atoms with E-state index in [0.717, 1.165) is 12.8 Å². The minimum atomic E-state index is -0.479. The largest absolute Gasteiger partial charge is 0.394 e. The summed E-state index contributed by atoms with van der Waals surface area (Å²) in [7, 11) is 0. The molecule has 0 aliphatic heterocycles. The molecule has 4 N–H and O–H groups in total. The molecule has 0 unspecified atom stereocenters. The minimum Gasteiger partial charge on any atom is -0.394 e. The summed E-state index contributed by atoms with van der Waals surface area (Å²) in [5.74, 6) is 0.657. The summed E-state index contributed by atoms with van der Waals surface area (Å²) in [5.41, 5.74) is 5.20. The summed E-state index contributed by atoms with van der Waals surface area (Å²) in [6, 6.07) is 0. The van der Waals surface area contributed by atoms with Crippen molar-refractivity contribution in [1.29, 1.82) is 0 Å². The van der Waals surface area contributed by atoms with E-state index in [1.54, 1.807) is 0 Å². The zero-order chi connectivity index (χ0) is 14.6. The Morgan fingerprint density at radius 3 is 2.60 bits per heavy atom. The molecule has 0 atom stereocenters. The van der Waals surface area contributed by atoms with Gasteiger partial charge in [0.25, 0.3) is 5.95 Å². The molecule has 0 aliphatic rings. The molecule has 0 aliphatic carbocycles. The fourth-order valence-corrected chi connectivity index (χ4v) is 1.78.